The third-order valence-electron chi connectivity index (χ3n) is 7.05. The Morgan fingerprint density at radius 3 is 2.13 bits per heavy atom. The summed E-state index contributed by atoms with van der Waals surface area (Å²) < 4.78 is 5.62. The fraction of sp³-hybridized carbons (Fsp3) is 0.562. The summed E-state index contributed by atoms with van der Waals surface area (Å²) in [5, 5.41) is 3.00. The van der Waals surface area contributed by atoms with Gasteiger partial charge in [0.05, 0.1) is 13.2 Å². The highest BCUT2D eigenvalue weighted by Crippen LogP contribution is 2.19. The molecule has 2 aromatic rings. The molecule has 2 aromatic carbocycles. The summed E-state index contributed by atoms with van der Waals surface area (Å²) in [5.41, 5.74) is 3.97. The van der Waals surface area contributed by atoms with Crippen LogP contribution in [0.25, 0.3) is 0 Å². The Bertz CT molecular complexity index is 944. The average molecular weight is 524 g/mol. The summed E-state index contributed by atoms with van der Waals surface area (Å²) in [7, 11) is 0. The van der Waals surface area contributed by atoms with Gasteiger partial charge < -0.3 is 15.0 Å². The van der Waals surface area contributed by atoms with E-state index in [4.69, 9.17) is 4.74 Å². The molecule has 210 valence electrons. The van der Waals surface area contributed by atoms with Crippen LogP contribution in [0.3, 0.4) is 0 Å². The second-order valence-corrected chi connectivity index (χ2v) is 10.1. The summed E-state index contributed by atoms with van der Waals surface area (Å²) in [4.78, 5) is 28.6. The fourth-order valence-electron chi connectivity index (χ4n) is 4.50. The van der Waals surface area contributed by atoms with Crippen LogP contribution in [0.15, 0.2) is 42.5 Å². The number of nitrogens with zero attached hydrogens (tertiary/aromatic N) is 2. The zero-order valence-electron chi connectivity index (χ0n) is 24.4. The van der Waals surface area contributed by atoms with Crippen molar-refractivity contribution in [3.8, 4) is 5.75 Å². The number of aryl methyl sites for hydroxylation is 2. The largest absolute Gasteiger partial charge is 0.494 e. The molecule has 0 radical (unpaired) electrons. The maximum absolute atomic E-state index is 12.2. The highest BCUT2D eigenvalue weighted by atomic mass is 16.5. The van der Waals surface area contributed by atoms with E-state index in [1.807, 2.05) is 56.3 Å². The number of unbranched alkanes of at least 4 members (excludes halogenated alkanes) is 1. The van der Waals surface area contributed by atoms with E-state index in [2.05, 4.69) is 35.9 Å². The molecule has 0 unspecified atom stereocenters. The summed E-state index contributed by atoms with van der Waals surface area (Å²) in [5.74, 6) is 1.16. The number of hydrogen-bond donors (Lipinski definition) is 1. The molecule has 1 N–H and O–H groups in total. The van der Waals surface area contributed by atoms with Crippen LogP contribution in [0, 0.1) is 13.8 Å². The first kappa shape index (κ1) is 31.5. The molecule has 3 rings (SSSR count). The van der Waals surface area contributed by atoms with E-state index in [0.717, 1.165) is 80.3 Å². The Morgan fingerprint density at radius 1 is 0.921 bits per heavy atom. The minimum absolute atomic E-state index is 0.0612. The second-order valence-electron chi connectivity index (χ2n) is 10.1. The van der Waals surface area contributed by atoms with Crippen molar-refractivity contribution in [1.82, 2.24) is 9.80 Å². The molecule has 0 atom stereocenters. The molecule has 0 spiro atoms. The molecule has 1 aliphatic heterocycles. The average Bonchev–Trinajstić information content (AvgIpc) is 2.94. The number of rotatable bonds is 13. The number of ether oxygens (including phenoxy) is 1. The highest BCUT2D eigenvalue weighted by Gasteiger charge is 2.13. The molecule has 0 saturated carbocycles. The van der Waals surface area contributed by atoms with Crippen molar-refractivity contribution >= 4 is 17.4 Å². The zero-order valence-corrected chi connectivity index (χ0v) is 24.4. The smallest absolute Gasteiger partial charge is 0.238 e. The molecule has 1 amide bonds. The van der Waals surface area contributed by atoms with Gasteiger partial charge in [-0.3, -0.25) is 14.5 Å². The number of anilines is 1. The van der Waals surface area contributed by atoms with Gasteiger partial charge in [0.15, 0.2) is 5.78 Å². The molecule has 1 fully saturated rings. The van der Waals surface area contributed by atoms with Crippen LogP contribution in [0.5, 0.6) is 5.75 Å². The van der Waals surface area contributed by atoms with E-state index < -0.39 is 0 Å². The van der Waals surface area contributed by atoms with Gasteiger partial charge >= 0.3 is 0 Å². The van der Waals surface area contributed by atoms with Crippen LogP contribution < -0.4 is 10.1 Å². The number of carbonyl (C=O) groups is 2. The van der Waals surface area contributed by atoms with Crippen LogP contribution >= 0.6 is 0 Å². The normalized spacial score (nSPS) is 13.5. The molecule has 38 heavy (non-hydrogen) atoms. The number of likely N-dealkylation sites (N-methyl/N-ethyl adjacent to an activating group) is 1. The highest BCUT2D eigenvalue weighted by molar-refractivity contribution is 5.96. The van der Waals surface area contributed by atoms with Gasteiger partial charge in [-0.25, -0.2) is 0 Å². The standard InChI is InChI=1S/C18H27NO2.C14H22N2O/c1-2-3-15-21-17-9-7-16(8-10-17)18(20)11-14-19-12-5-4-6-13-19;1-5-16(6-2)10-13(17)15-14-11(3)8-7-9-12(14)4/h7-10H,2-6,11-15H2,1H3;7-9H,5-6,10H2,1-4H3,(H,15,17). The maximum atomic E-state index is 12.2. The third-order valence-corrected chi connectivity index (χ3v) is 7.05. The maximum Gasteiger partial charge on any atom is 0.238 e. The Kier molecular flexibility index (Phi) is 14.7. The van der Waals surface area contributed by atoms with Crippen LogP contribution in [0.2, 0.25) is 0 Å². The van der Waals surface area contributed by atoms with Crippen molar-refractivity contribution in [1.29, 1.82) is 0 Å². The van der Waals surface area contributed by atoms with Gasteiger partial charge in [0.1, 0.15) is 5.75 Å². The number of para-hydroxylation sites is 1. The van der Waals surface area contributed by atoms with E-state index in [1.165, 1.54) is 19.3 Å². The summed E-state index contributed by atoms with van der Waals surface area (Å²) in [6, 6.07) is 13.6. The molecule has 0 aliphatic carbocycles. The number of amides is 1. The molecule has 1 saturated heterocycles. The van der Waals surface area contributed by atoms with Crippen molar-refractivity contribution in [2.45, 2.75) is 73.1 Å². The van der Waals surface area contributed by atoms with Gasteiger partial charge in [-0.2, -0.15) is 0 Å². The van der Waals surface area contributed by atoms with Gasteiger partial charge in [-0.1, -0.05) is 51.8 Å². The predicted octanol–water partition coefficient (Wildman–Crippen LogP) is 6.51. The Morgan fingerprint density at radius 2 is 1.55 bits per heavy atom. The van der Waals surface area contributed by atoms with Crippen LogP contribution in [0.1, 0.15) is 80.8 Å². The van der Waals surface area contributed by atoms with Crippen LogP contribution in [-0.2, 0) is 4.79 Å². The predicted molar refractivity (Wildman–Crippen MR) is 158 cm³/mol. The quantitative estimate of drug-likeness (QED) is 0.240. The van der Waals surface area contributed by atoms with E-state index >= 15 is 0 Å². The molecule has 6 nitrogen and oxygen atoms in total. The molecular formula is C32H49N3O3. The van der Waals surface area contributed by atoms with E-state index in [9.17, 15) is 9.59 Å². The first-order chi connectivity index (χ1) is 18.4. The third kappa shape index (κ3) is 11.4. The fourth-order valence-corrected chi connectivity index (χ4v) is 4.50. The Balaban J connectivity index is 0.000000273. The van der Waals surface area contributed by atoms with Gasteiger partial charge in [0.2, 0.25) is 5.91 Å². The molecule has 6 heteroatoms. The van der Waals surface area contributed by atoms with Crippen molar-refractivity contribution in [2.75, 3.05) is 51.2 Å². The van der Waals surface area contributed by atoms with Crippen molar-refractivity contribution in [2.24, 2.45) is 0 Å². The van der Waals surface area contributed by atoms with Gasteiger partial charge in [0, 0.05) is 24.2 Å². The Hall–Kier alpha value is -2.70. The van der Waals surface area contributed by atoms with E-state index in [0.29, 0.717) is 13.0 Å². The minimum atomic E-state index is 0.0612. The molecule has 1 aliphatic rings. The first-order valence-corrected chi connectivity index (χ1v) is 14.4. The number of piperidine rings is 1. The second kappa shape index (κ2) is 17.7. The lowest BCUT2D eigenvalue weighted by Crippen LogP contribution is -2.33. The summed E-state index contributed by atoms with van der Waals surface area (Å²) in [6.45, 7) is 16.5. The number of Topliss-reactive ketones (excluding diaryl/α,β-unsaturated/α-hetero) is 1. The number of ketones is 1. The number of benzene rings is 2. The Labute approximate surface area is 230 Å². The monoisotopic (exact) mass is 523 g/mol. The lowest BCUT2D eigenvalue weighted by molar-refractivity contribution is -0.117. The lowest BCUT2D eigenvalue weighted by Gasteiger charge is -2.25. The SMILES string of the molecule is CCCCOc1ccc(C(=O)CCN2CCCCC2)cc1.CCN(CC)CC(=O)Nc1c(C)cccc1C. The molecular weight excluding hydrogens is 474 g/mol. The summed E-state index contributed by atoms with van der Waals surface area (Å²) >= 11 is 0. The zero-order chi connectivity index (χ0) is 27.8. The number of nitrogens with one attached hydrogen (secondary N) is 1. The van der Waals surface area contributed by atoms with Gasteiger partial charge in [-0.15, -0.1) is 0 Å². The van der Waals surface area contributed by atoms with Crippen molar-refractivity contribution in [3.63, 3.8) is 0 Å². The van der Waals surface area contributed by atoms with Crippen molar-refractivity contribution < 1.29 is 14.3 Å². The number of hydrogen-bond acceptors (Lipinski definition) is 5. The van der Waals surface area contributed by atoms with Crippen LogP contribution in [-0.4, -0.2) is 67.4 Å². The molecule has 0 aromatic heterocycles. The number of likely N-dealkylation sites (tertiary alicyclic amines) is 1. The molecule has 1 heterocycles. The van der Waals surface area contributed by atoms with Crippen LogP contribution in [0.4, 0.5) is 5.69 Å². The first-order valence-electron chi connectivity index (χ1n) is 14.4. The number of carbonyl (C=O) groups excluding carboxylic acids is 2. The van der Waals surface area contributed by atoms with E-state index in [-0.39, 0.29) is 11.7 Å². The summed E-state index contributed by atoms with van der Waals surface area (Å²) in [6.07, 6.45) is 6.71. The van der Waals surface area contributed by atoms with Crippen molar-refractivity contribution in [3.05, 3.63) is 59.2 Å². The van der Waals surface area contributed by atoms with Gasteiger partial charge in [0.25, 0.3) is 0 Å². The molecule has 0 bridgehead atoms. The minimum Gasteiger partial charge on any atom is -0.494 e. The van der Waals surface area contributed by atoms with E-state index in [1.54, 1.807) is 0 Å². The topological polar surface area (TPSA) is 61.9 Å². The lowest BCUT2D eigenvalue weighted by atomic mass is 10.1. The van der Waals surface area contributed by atoms with Gasteiger partial charge in [-0.05, 0) is 94.7 Å².